The summed E-state index contributed by atoms with van der Waals surface area (Å²) in [5.41, 5.74) is 1.22. The Hall–Kier alpha value is -4.13. The van der Waals surface area contributed by atoms with Gasteiger partial charge < -0.3 is 24.8 Å². The number of nitrogens with one attached hydrogen (secondary N) is 3. The molecule has 13 heteroatoms. The number of amides is 3. The fourth-order valence-corrected chi connectivity index (χ4v) is 3.36. The van der Waals surface area contributed by atoms with Gasteiger partial charge in [0, 0.05) is 13.2 Å². The second-order valence-corrected chi connectivity index (χ2v) is 7.83. The number of carbonyl (C=O) groups is 3. The van der Waals surface area contributed by atoms with Gasteiger partial charge in [-0.25, -0.2) is 5.43 Å². The van der Waals surface area contributed by atoms with E-state index in [9.17, 15) is 27.6 Å². The van der Waals surface area contributed by atoms with Crippen LogP contribution in [0.4, 0.5) is 18.9 Å². The second kappa shape index (κ2) is 12.7. The van der Waals surface area contributed by atoms with Crippen LogP contribution in [0.5, 0.6) is 11.5 Å². The third-order valence-electron chi connectivity index (χ3n) is 5.15. The van der Waals surface area contributed by atoms with Crippen molar-refractivity contribution in [1.82, 2.24) is 10.7 Å². The molecule has 2 aromatic rings. The zero-order valence-electron chi connectivity index (χ0n) is 19.8. The fraction of sp³-hybridized carbons (Fsp3) is 0.333. The first-order valence-electron chi connectivity index (χ1n) is 11.2. The lowest BCUT2D eigenvalue weighted by molar-refractivity contribution is -0.139. The van der Waals surface area contributed by atoms with Gasteiger partial charge in [0.05, 0.1) is 30.7 Å². The first-order valence-corrected chi connectivity index (χ1v) is 11.2. The largest absolute Gasteiger partial charge is 0.493 e. The number of halogens is 3. The van der Waals surface area contributed by atoms with Crippen LogP contribution in [0.3, 0.4) is 0 Å². The third-order valence-corrected chi connectivity index (χ3v) is 5.15. The number of hydrogen-bond acceptors (Lipinski definition) is 7. The molecule has 10 nitrogen and oxygen atoms in total. The maximum absolute atomic E-state index is 13.1. The van der Waals surface area contributed by atoms with Crippen LogP contribution in [0.25, 0.3) is 0 Å². The molecule has 1 atom stereocenters. The Bertz CT molecular complexity index is 1150. The molecular formula is C24H25F3N4O6. The number of rotatable bonds is 9. The predicted octanol–water partition coefficient (Wildman–Crippen LogP) is 2.48. The molecule has 0 aliphatic carbocycles. The van der Waals surface area contributed by atoms with Gasteiger partial charge in [-0.05, 0) is 48.7 Å². The van der Waals surface area contributed by atoms with Crippen molar-refractivity contribution in [1.29, 1.82) is 0 Å². The topological polar surface area (TPSA) is 127 Å². The minimum atomic E-state index is -4.63. The number of benzene rings is 2. The van der Waals surface area contributed by atoms with Crippen LogP contribution in [0.1, 0.15) is 24.0 Å². The molecule has 1 fully saturated rings. The number of hydrogen-bond donors (Lipinski definition) is 3. The van der Waals surface area contributed by atoms with E-state index in [1.165, 1.54) is 43.7 Å². The first-order chi connectivity index (χ1) is 17.7. The molecule has 3 amide bonds. The molecule has 0 spiro atoms. The lowest BCUT2D eigenvalue weighted by atomic mass is 10.1. The van der Waals surface area contributed by atoms with Gasteiger partial charge in [0.25, 0.3) is 5.91 Å². The summed E-state index contributed by atoms with van der Waals surface area (Å²) >= 11 is 0. The Morgan fingerprint density at radius 3 is 2.62 bits per heavy atom. The SMILES string of the molecule is COc1cc(/C=N\NC(=O)C(=O)NC[C@@H]2CCCO2)ccc1OCC(=O)Nc1ccccc1C(F)(F)F. The molecule has 0 saturated carbocycles. The standard InChI is InChI=1S/C24H25F3N4O6/c1-35-20-11-15(12-29-31-23(34)22(33)28-13-16-5-4-10-36-16)8-9-19(20)37-14-21(32)30-18-7-3-2-6-17(18)24(25,26)27/h2-3,6-9,11-12,16H,4-5,10,13-14H2,1H3,(H,28,33)(H,30,32)(H,31,34)/b29-12-/t16-/m0/s1. The highest BCUT2D eigenvalue weighted by Gasteiger charge is 2.33. The summed E-state index contributed by atoms with van der Waals surface area (Å²) in [5, 5.41) is 8.38. The second-order valence-electron chi connectivity index (χ2n) is 7.83. The number of carbonyl (C=O) groups excluding carboxylic acids is 3. The summed E-state index contributed by atoms with van der Waals surface area (Å²) in [7, 11) is 1.35. The molecule has 0 aromatic heterocycles. The highest BCUT2D eigenvalue weighted by atomic mass is 19.4. The van der Waals surface area contributed by atoms with Gasteiger partial charge in [-0.2, -0.15) is 18.3 Å². The number of para-hydroxylation sites is 1. The zero-order chi connectivity index (χ0) is 26.8. The predicted molar refractivity (Wildman–Crippen MR) is 126 cm³/mol. The van der Waals surface area contributed by atoms with Crippen LogP contribution in [0, 0.1) is 0 Å². The van der Waals surface area contributed by atoms with Crippen molar-refractivity contribution in [3.05, 3.63) is 53.6 Å². The maximum Gasteiger partial charge on any atom is 0.418 e. The van der Waals surface area contributed by atoms with Crippen molar-refractivity contribution in [3.8, 4) is 11.5 Å². The Balaban J connectivity index is 1.51. The molecule has 1 aliphatic rings. The molecule has 3 rings (SSSR count). The molecule has 198 valence electrons. The van der Waals surface area contributed by atoms with Crippen molar-refractivity contribution in [2.24, 2.45) is 5.10 Å². The van der Waals surface area contributed by atoms with Crippen LogP contribution in [0.15, 0.2) is 47.6 Å². The van der Waals surface area contributed by atoms with E-state index in [0.717, 1.165) is 25.0 Å². The summed E-state index contributed by atoms with van der Waals surface area (Å²) in [6, 6.07) is 9.06. The minimum absolute atomic E-state index is 0.102. The van der Waals surface area contributed by atoms with E-state index >= 15 is 0 Å². The van der Waals surface area contributed by atoms with Gasteiger partial charge in [0.15, 0.2) is 18.1 Å². The van der Waals surface area contributed by atoms with Gasteiger partial charge in [0.1, 0.15) is 0 Å². The van der Waals surface area contributed by atoms with Crippen molar-refractivity contribution >= 4 is 29.6 Å². The smallest absolute Gasteiger partial charge is 0.418 e. The van der Waals surface area contributed by atoms with Gasteiger partial charge >= 0.3 is 18.0 Å². The Labute approximate surface area is 210 Å². The van der Waals surface area contributed by atoms with E-state index in [1.54, 1.807) is 0 Å². The van der Waals surface area contributed by atoms with Crippen LogP contribution in [-0.4, -0.2) is 56.9 Å². The molecule has 0 radical (unpaired) electrons. The minimum Gasteiger partial charge on any atom is -0.493 e. The van der Waals surface area contributed by atoms with Crippen molar-refractivity contribution in [2.45, 2.75) is 25.1 Å². The Morgan fingerprint density at radius 1 is 1.14 bits per heavy atom. The quantitative estimate of drug-likeness (QED) is 0.264. The summed E-state index contributed by atoms with van der Waals surface area (Å²) in [4.78, 5) is 35.8. The number of alkyl halides is 3. The summed E-state index contributed by atoms with van der Waals surface area (Å²) in [5.74, 6) is -2.24. The van der Waals surface area contributed by atoms with Crippen molar-refractivity contribution < 1.29 is 41.8 Å². The molecule has 0 bridgehead atoms. The molecular weight excluding hydrogens is 497 g/mol. The Kier molecular flexibility index (Phi) is 9.44. The molecule has 2 aromatic carbocycles. The molecule has 1 heterocycles. The van der Waals surface area contributed by atoms with Crippen molar-refractivity contribution in [2.75, 3.05) is 32.2 Å². The van der Waals surface area contributed by atoms with Crippen molar-refractivity contribution in [3.63, 3.8) is 0 Å². The van der Waals surface area contributed by atoms with E-state index in [-0.39, 0.29) is 29.8 Å². The summed E-state index contributed by atoms with van der Waals surface area (Å²) < 4.78 is 55.3. The summed E-state index contributed by atoms with van der Waals surface area (Å²) in [6.45, 7) is 0.294. The lowest BCUT2D eigenvalue weighted by Crippen LogP contribution is -2.41. The molecule has 0 unspecified atom stereocenters. The van der Waals surface area contributed by atoms with E-state index < -0.39 is 36.1 Å². The zero-order valence-corrected chi connectivity index (χ0v) is 19.8. The number of methoxy groups -OCH3 is 1. The highest BCUT2D eigenvalue weighted by molar-refractivity contribution is 6.35. The normalized spacial score (nSPS) is 15.3. The van der Waals surface area contributed by atoms with E-state index in [2.05, 4.69) is 21.2 Å². The highest BCUT2D eigenvalue weighted by Crippen LogP contribution is 2.34. The van der Waals surface area contributed by atoms with Gasteiger partial charge in [-0.3, -0.25) is 14.4 Å². The van der Waals surface area contributed by atoms with Crippen LogP contribution in [0.2, 0.25) is 0 Å². The van der Waals surface area contributed by atoms with Gasteiger partial charge in [0.2, 0.25) is 0 Å². The number of nitrogens with zero attached hydrogens (tertiary/aromatic N) is 1. The molecule has 3 N–H and O–H groups in total. The van der Waals surface area contributed by atoms with Gasteiger partial charge in [-0.1, -0.05) is 12.1 Å². The Morgan fingerprint density at radius 2 is 1.92 bits per heavy atom. The number of hydrazone groups is 1. The van der Waals surface area contributed by atoms with Gasteiger partial charge in [-0.15, -0.1) is 0 Å². The molecule has 1 aliphatic heterocycles. The fourth-order valence-electron chi connectivity index (χ4n) is 3.36. The molecule has 37 heavy (non-hydrogen) atoms. The van der Waals surface area contributed by atoms with E-state index in [1.807, 2.05) is 0 Å². The average Bonchev–Trinajstić information content (AvgIpc) is 3.39. The number of ether oxygens (including phenoxy) is 3. The summed E-state index contributed by atoms with van der Waals surface area (Å²) in [6.07, 6.45) is -1.74. The van der Waals surface area contributed by atoms with Crippen LogP contribution >= 0.6 is 0 Å². The van der Waals surface area contributed by atoms with Crippen LogP contribution in [-0.2, 0) is 25.3 Å². The monoisotopic (exact) mass is 522 g/mol. The van der Waals surface area contributed by atoms with E-state index in [0.29, 0.717) is 12.2 Å². The van der Waals surface area contributed by atoms with Crippen LogP contribution < -0.4 is 25.5 Å². The first kappa shape index (κ1) is 27.5. The average molecular weight is 522 g/mol. The number of anilines is 1. The van der Waals surface area contributed by atoms with E-state index in [4.69, 9.17) is 14.2 Å². The lowest BCUT2D eigenvalue weighted by Gasteiger charge is -2.14. The third kappa shape index (κ3) is 8.20. The molecule has 1 saturated heterocycles. The maximum atomic E-state index is 13.1.